The Balaban J connectivity index is 2.37. The fourth-order valence-corrected chi connectivity index (χ4v) is 2.20. The van der Waals surface area contributed by atoms with Crippen LogP contribution in [-0.4, -0.2) is 13.0 Å². The summed E-state index contributed by atoms with van der Waals surface area (Å²) in [6, 6.07) is 12.5. The maximum atomic E-state index is 12.4. The molecule has 0 atom stereocenters. The summed E-state index contributed by atoms with van der Waals surface area (Å²) < 4.78 is 0. The number of nitrogens with two attached hydrogens (primary N) is 1. The molecule has 19 heavy (non-hydrogen) atoms. The number of aryl methyl sites for hydroxylation is 1. The Labute approximate surface area is 117 Å². The molecule has 0 bridgehead atoms. The first-order valence-electron chi connectivity index (χ1n) is 5.89. The van der Waals surface area contributed by atoms with E-state index in [0.29, 0.717) is 16.3 Å². The molecule has 0 saturated heterocycles. The summed E-state index contributed by atoms with van der Waals surface area (Å²) in [5.41, 5.74) is 8.57. The number of amides is 1. The Bertz CT molecular complexity index is 625. The van der Waals surface area contributed by atoms with E-state index in [1.54, 1.807) is 42.3 Å². The predicted octanol–water partition coefficient (Wildman–Crippen LogP) is 3.51. The summed E-state index contributed by atoms with van der Waals surface area (Å²) >= 11 is 5.92. The van der Waals surface area contributed by atoms with E-state index in [9.17, 15) is 4.79 Å². The second-order valence-electron chi connectivity index (χ2n) is 4.38. The molecule has 0 spiro atoms. The molecule has 4 heteroatoms. The fourth-order valence-electron chi connectivity index (χ4n) is 1.98. The second kappa shape index (κ2) is 5.33. The van der Waals surface area contributed by atoms with Crippen molar-refractivity contribution in [3.63, 3.8) is 0 Å². The first-order valence-corrected chi connectivity index (χ1v) is 6.27. The lowest BCUT2D eigenvalue weighted by Gasteiger charge is -2.20. The topological polar surface area (TPSA) is 46.3 Å². The van der Waals surface area contributed by atoms with Crippen LogP contribution in [-0.2, 0) is 0 Å². The van der Waals surface area contributed by atoms with Crippen molar-refractivity contribution in [3.8, 4) is 0 Å². The first-order chi connectivity index (χ1) is 9.00. The van der Waals surface area contributed by atoms with Gasteiger partial charge in [-0.3, -0.25) is 4.79 Å². The lowest BCUT2D eigenvalue weighted by atomic mass is 10.1. The first kappa shape index (κ1) is 13.4. The normalized spacial score (nSPS) is 10.3. The van der Waals surface area contributed by atoms with Gasteiger partial charge < -0.3 is 10.6 Å². The third-order valence-corrected chi connectivity index (χ3v) is 3.25. The molecule has 2 aromatic rings. The molecule has 0 radical (unpaired) electrons. The summed E-state index contributed by atoms with van der Waals surface area (Å²) in [7, 11) is 1.73. The third-order valence-electron chi connectivity index (χ3n) is 3.02. The summed E-state index contributed by atoms with van der Waals surface area (Å²) in [5, 5.41) is 0.654. The second-order valence-corrected chi connectivity index (χ2v) is 4.82. The molecule has 1 amide bonds. The van der Waals surface area contributed by atoms with Crippen molar-refractivity contribution < 1.29 is 4.79 Å². The van der Waals surface area contributed by atoms with Crippen LogP contribution in [0.15, 0.2) is 42.5 Å². The number of para-hydroxylation sites is 1. The quantitative estimate of drug-likeness (QED) is 0.852. The fraction of sp³-hybridized carbons (Fsp3) is 0.133. The predicted molar refractivity (Wildman–Crippen MR) is 79.8 cm³/mol. The van der Waals surface area contributed by atoms with Crippen molar-refractivity contribution in [2.75, 3.05) is 17.7 Å². The number of nitrogen functional groups attached to an aromatic ring is 1. The van der Waals surface area contributed by atoms with Gasteiger partial charge in [0.1, 0.15) is 0 Å². The van der Waals surface area contributed by atoms with E-state index in [4.69, 9.17) is 17.3 Å². The van der Waals surface area contributed by atoms with Gasteiger partial charge in [-0.1, -0.05) is 23.7 Å². The SMILES string of the molecule is Cc1cc(Cl)ccc1N(C)C(=O)c1ccccc1N. The lowest BCUT2D eigenvalue weighted by molar-refractivity contribution is 0.0993. The average Bonchev–Trinajstić information content (AvgIpc) is 2.38. The number of hydrogen-bond donors (Lipinski definition) is 1. The molecule has 98 valence electrons. The minimum atomic E-state index is -0.136. The Hall–Kier alpha value is -2.00. The van der Waals surface area contributed by atoms with Gasteiger partial charge in [0.25, 0.3) is 5.91 Å². The van der Waals surface area contributed by atoms with Gasteiger partial charge in [0.05, 0.1) is 5.56 Å². The van der Waals surface area contributed by atoms with Crippen LogP contribution in [0.25, 0.3) is 0 Å². The van der Waals surface area contributed by atoms with E-state index in [1.165, 1.54) is 0 Å². The number of rotatable bonds is 2. The molecule has 2 rings (SSSR count). The summed E-state index contributed by atoms with van der Waals surface area (Å²) in [5.74, 6) is -0.136. The van der Waals surface area contributed by atoms with Gasteiger partial charge in [-0.25, -0.2) is 0 Å². The molecule has 0 fully saturated rings. The maximum absolute atomic E-state index is 12.4. The highest BCUT2D eigenvalue weighted by atomic mass is 35.5. The molecular weight excluding hydrogens is 260 g/mol. The number of halogens is 1. The Morgan fingerprint density at radius 1 is 1.21 bits per heavy atom. The molecule has 0 aliphatic rings. The minimum Gasteiger partial charge on any atom is -0.398 e. The van der Waals surface area contributed by atoms with Crippen molar-refractivity contribution in [2.45, 2.75) is 6.92 Å². The smallest absolute Gasteiger partial charge is 0.260 e. The van der Waals surface area contributed by atoms with Crippen molar-refractivity contribution in [1.82, 2.24) is 0 Å². The third kappa shape index (κ3) is 2.71. The highest BCUT2D eigenvalue weighted by molar-refractivity contribution is 6.30. The van der Waals surface area contributed by atoms with Gasteiger partial charge in [0.15, 0.2) is 0 Å². The molecule has 0 aliphatic heterocycles. The van der Waals surface area contributed by atoms with E-state index in [0.717, 1.165) is 11.3 Å². The van der Waals surface area contributed by atoms with Crippen LogP contribution in [0.4, 0.5) is 11.4 Å². The van der Waals surface area contributed by atoms with Crippen LogP contribution < -0.4 is 10.6 Å². The lowest BCUT2D eigenvalue weighted by Crippen LogP contribution is -2.27. The van der Waals surface area contributed by atoms with Gasteiger partial charge in [0, 0.05) is 23.4 Å². The highest BCUT2D eigenvalue weighted by Crippen LogP contribution is 2.25. The van der Waals surface area contributed by atoms with E-state index >= 15 is 0 Å². The van der Waals surface area contributed by atoms with Gasteiger partial charge >= 0.3 is 0 Å². The zero-order valence-corrected chi connectivity index (χ0v) is 11.6. The van der Waals surface area contributed by atoms with Crippen LogP contribution in [0.3, 0.4) is 0 Å². The van der Waals surface area contributed by atoms with Crippen molar-refractivity contribution in [2.24, 2.45) is 0 Å². The largest absolute Gasteiger partial charge is 0.398 e. The van der Waals surface area contributed by atoms with E-state index < -0.39 is 0 Å². The highest BCUT2D eigenvalue weighted by Gasteiger charge is 2.17. The van der Waals surface area contributed by atoms with Crippen LogP contribution in [0.1, 0.15) is 15.9 Å². The van der Waals surface area contributed by atoms with Crippen LogP contribution >= 0.6 is 11.6 Å². The summed E-state index contributed by atoms with van der Waals surface area (Å²) in [6.07, 6.45) is 0. The van der Waals surface area contributed by atoms with Crippen LogP contribution in [0.5, 0.6) is 0 Å². The number of carbonyl (C=O) groups excluding carboxylic acids is 1. The maximum Gasteiger partial charge on any atom is 0.260 e. The molecule has 0 heterocycles. The Morgan fingerprint density at radius 3 is 2.53 bits per heavy atom. The number of hydrogen-bond acceptors (Lipinski definition) is 2. The number of benzene rings is 2. The summed E-state index contributed by atoms with van der Waals surface area (Å²) in [4.78, 5) is 14.0. The van der Waals surface area contributed by atoms with Crippen molar-refractivity contribution in [1.29, 1.82) is 0 Å². The standard InChI is InChI=1S/C15H15ClN2O/c1-10-9-11(16)7-8-14(10)18(2)15(19)12-5-3-4-6-13(12)17/h3-9H,17H2,1-2H3. The van der Waals surface area contributed by atoms with Gasteiger partial charge in [0.2, 0.25) is 0 Å². The Kier molecular flexibility index (Phi) is 3.76. The zero-order valence-electron chi connectivity index (χ0n) is 10.9. The minimum absolute atomic E-state index is 0.136. The number of carbonyl (C=O) groups is 1. The van der Waals surface area contributed by atoms with Crippen molar-refractivity contribution in [3.05, 3.63) is 58.6 Å². The molecule has 0 aliphatic carbocycles. The molecular formula is C15H15ClN2O. The monoisotopic (exact) mass is 274 g/mol. The molecule has 0 unspecified atom stereocenters. The van der Waals surface area contributed by atoms with Crippen molar-refractivity contribution >= 4 is 28.9 Å². The molecule has 0 saturated carbocycles. The molecule has 2 aromatic carbocycles. The summed E-state index contributed by atoms with van der Waals surface area (Å²) in [6.45, 7) is 1.92. The molecule has 0 aromatic heterocycles. The van der Waals surface area contributed by atoms with Crippen LogP contribution in [0, 0.1) is 6.92 Å². The van der Waals surface area contributed by atoms with Gasteiger partial charge in [-0.05, 0) is 42.8 Å². The van der Waals surface area contributed by atoms with E-state index in [-0.39, 0.29) is 5.91 Å². The number of anilines is 2. The zero-order chi connectivity index (χ0) is 14.0. The van der Waals surface area contributed by atoms with Crippen LogP contribution in [0.2, 0.25) is 5.02 Å². The van der Waals surface area contributed by atoms with E-state index in [1.807, 2.05) is 19.1 Å². The van der Waals surface area contributed by atoms with Gasteiger partial charge in [-0.15, -0.1) is 0 Å². The molecule has 2 N–H and O–H groups in total. The van der Waals surface area contributed by atoms with E-state index in [2.05, 4.69) is 0 Å². The average molecular weight is 275 g/mol. The molecule has 3 nitrogen and oxygen atoms in total. The van der Waals surface area contributed by atoms with Gasteiger partial charge in [-0.2, -0.15) is 0 Å². The Morgan fingerprint density at radius 2 is 1.89 bits per heavy atom. The number of nitrogens with zero attached hydrogens (tertiary/aromatic N) is 1.